The molecule has 1 fully saturated rings. The summed E-state index contributed by atoms with van der Waals surface area (Å²) in [6.07, 6.45) is -0.559. The zero-order valence-corrected chi connectivity index (χ0v) is 14.7. The fraction of sp³-hybridized carbons (Fsp3) is 0.294. The number of benzene rings is 1. The predicted octanol–water partition coefficient (Wildman–Crippen LogP) is 2.52. The number of ether oxygens (including phenoxy) is 1. The van der Waals surface area contributed by atoms with Gasteiger partial charge < -0.3 is 15.8 Å². The van der Waals surface area contributed by atoms with E-state index in [2.05, 4.69) is 20.3 Å². The van der Waals surface area contributed by atoms with Crippen molar-refractivity contribution in [3.05, 3.63) is 35.8 Å². The highest BCUT2D eigenvalue weighted by molar-refractivity contribution is 5.93. The number of hydrogen-bond acceptors (Lipinski definition) is 7. The molecule has 0 bridgehead atoms. The van der Waals surface area contributed by atoms with Crippen LogP contribution in [0.4, 0.5) is 25.2 Å². The molecule has 1 saturated heterocycles. The average molecular weight is 376 g/mol. The van der Waals surface area contributed by atoms with Crippen LogP contribution in [-0.2, 0) is 4.74 Å². The molecule has 2 heterocycles. The molecule has 27 heavy (non-hydrogen) atoms. The van der Waals surface area contributed by atoms with E-state index >= 15 is 0 Å². The number of aromatic nitrogens is 2. The van der Waals surface area contributed by atoms with Gasteiger partial charge in [0.1, 0.15) is 12.3 Å². The van der Waals surface area contributed by atoms with Crippen LogP contribution in [0.5, 0.6) is 0 Å². The Labute approximate surface area is 153 Å². The van der Waals surface area contributed by atoms with Gasteiger partial charge in [0.15, 0.2) is 0 Å². The van der Waals surface area contributed by atoms with Crippen LogP contribution in [0.1, 0.15) is 6.92 Å². The van der Waals surface area contributed by atoms with Crippen LogP contribution >= 0.6 is 0 Å². The summed E-state index contributed by atoms with van der Waals surface area (Å²) < 4.78 is 30.8. The molecule has 142 valence electrons. The van der Waals surface area contributed by atoms with Crippen molar-refractivity contribution in [3.63, 3.8) is 0 Å². The Balaban J connectivity index is 1.96. The molecule has 1 aromatic heterocycles. The molecule has 0 unspecified atom stereocenters. The normalized spacial score (nSPS) is 18.3. The van der Waals surface area contributed by atoms with Crippen LogP contribution in [0.15, 0.2) is 40.8 Å². The van der Waals surface area contributed by atoms with Gasteiger partial charge in [-0.1, -0.05) is 0 Å². The van der Waals surface area contributed by atoms with E-state index in [4.69, 9.17) is 10.5 Å². The molecule has 1 aliphatic heterocycles. The number of rotatable bonds is 5. The second-order valence-electron chi connectivity index (χ2n) is 5.91. The van der Waals surface area contributed by atoms with Crippen LogP contribution in [0, 0.1) is 0 Å². The van der Waals surface area contributed by atoms with Crippen LogP contribution in [-0.4, -0.2) is 48.4 Å². The van der Waals surface area contributed by atoms with Gasteiger partial charge in [0.2, 0.25) is 5.95 Å². The van der Waals surface area contributed by atoms with Gasteiger partial charge in [0.05, 0.1) is 17.3 Å². The third-order valence-corrected chi connectivity index (χ3v) is 3.98. The summed E-state index contributed by atoms with van der Waals surface area (Å²) in [6, 6.07) is 5.14. The fourth-order valence-corrected chi connectivity index (χ4v) is 2.64. The molecule has 0 aliphatic carbocycles. The first-order valence-corrected chi connectivity index (χ1v) is 8.10. The molecule has 0 spiro atoms. The molecular weight excluding hydrogens is 358 g/mol. The lowest BCUT2D eigenvalue weighted by molar-refractivity contribution is 0.179. The van der Waals surface area contributed by atoms with Crippen molar-refractivity contribution in [1.82, 2.24) is 9.97 Å². The van der Waals surface area contributed by atoms with Gasteiger partial charge in [0, 0.05) is 30.5 Å². The number of alkyl halides is 2. The first-order chi connectivity index (χ1) is 12.9. The molecule has 8 nitrogen and oxygen atoms in total. The zero-order valence-electron chi connectivity index (χ0n) is 14.7. The highest BCUT2D eigenvalue weighted by Crippen LogP contribution is 2.26. The number of anilines is 2. The van der Waals surface area contributed by atoms with Crippen LogP contribution in [0.3, 0.4) is 0 Å². The quantitative estimate of drug-likeness (QED) is 0.777. The van der Waals surface area contributed by atoms with E-state index in [0.717, 1.165) is 5.39 Å². The molecule has 0 radical (unpaired) electrons. The molecule has 1 atom stereocenters. The lowest BCUT2D eigenvalue weighted by atomic mass is 10.2. The zero-order chi connectivity index (χ0) is 19.6. The SMILES string of the molecule is CN=C/C(Nc1ncc2ccc(N3C(=O)OC[C@@H]3C)cc2n1)=C(\N)C(F)F. The van der Waals surface area contributed by atoms with Gasteiger partial charge in [-0.05, 0) is 25.1 Å². The summed E-state index contributed by atoms with van der Waals surface area (Å²) >= 11 is 0. The minimum Gasteiger partial charge on any atom is -0.447 e. The lowest BCUT2D eigenvalue weighted by Gasteiger charge is -2.18. The number of hydrogen-bond donors (Lipinski definition) is 2. The van der Waals surface area contributed by atoms with E-state index in [0.29, 0.717) is 17.8 Å². The Morgan fingerprint density at radius 3 is 2.93 bits per heavy atom. The van der Waals surface area contributed by atoms with Crippen LogP contribution < -0.4 is 16.0 Å². The summed E-state index contributed by atoms with van der Waals surface area (Å²) in [5.41, 5.74) is 5.82. The lowest BCUT2D eigenvalue weighted by Crippen LogP contribution is -2.30. The monoisotopic (exact) mass is 376 g/mol. The van der Waals surface area contributed by atoms with Crippen molar-refractivity contribution >= 4 is 34.8 Å². The molecule has 10 heteroatoms. The Bertz CT molecular complexity index is 931. The van der Waals surface area contributed by atoms with Crippen molar-refractivity contribution in [1.29, 1.82) is 0 Å². The molecule has 3 N–H and O–H groups in total. The standard InChI is InChI=1S/C17H18F2N6O2/c1-9-8-27-17(26)25(9)11-4-3-10-6-22-16(23-12(10)5-11)24-13(7-21-2)14(20)15(18)19/h3-7,9,15H,8,20H2,1-2H3,(H,22,23,24)/b14-13+,21-7?/t9-/m0/s1. The number of allylic oxidation sites excluding steroid dienone is 2. The maximum atomic E-state index is 12.9. The fourth-order valence-electron chi connectivity index (χ4n) is 2.64. The number of aliphatic imine (C=N–C) groups is 1. The van der Waals surface area contributed by atoms with Gasteiger partial charge in [-0.25, -0.2) is 23.5 Å². The van der Waals surface area contributed by atoms with E-state index in [1.807, 2.05) is 6.92 Å². The second kappa shape index (κ2) is 7.52. The highest BCUT2D eigenvalue weighted by atomic mass is 19.3. The molecular formula is C17H18F2N6O2. The van der Waals surface area contributed by atoms with Crippen molar-refractivity contribution < 1.29 is 18.3 Å². The Morgan fingerprint density at radius 1 is 1.52 bits per heavy atom. The van der Waals surface area contributed by atoms with Gasteiger partial charge in [-0.2, -0.15) is 0 Å². The first kappa shape index (κ1) is 18.5. The smallest absolute Gasteiger partial charge is 0.414 e. The average Bonchev–Trinajstić information content (AvgIpc) is 2.98. The number of halogens is 2. The van der Waals surface area contributed by atoms with Gasteiger partial charge in [0.25, 0.3) is 6.43 Å². The minimum absolute atomic E-state index is 0.0789. The number of cyclic esters (lactones) is 1. The largest absolute Gasteiger partial charge is 0.447 e. The number of fused-ring (bicyclic) bond motifs is 1. The maximum Gasteiger partial charge on any atom is 0.414 e. The maximum absolute atomic E-state index is 12.9. The van der Waals surface area contributed by atoms with Gasteiger partial charge >= 0.3 is 6.09 Å². The van der Waals surface area contributed by atoms with Gasteiger partial charge in [-0.15, -0.1) is 0 Å². The van der Waals surface area contributed by atoms with E-state index in [-0.39, 0.29) is 17.7 Å². The van der Waals surface area contributed by atoms with E-state index in [1.165, 1.54) is 18.2 Å². The molecule has 3 rings (SSSR count). The summed E-state index contributed by atoms with van der Waals surface area (Å²) in [6.45, 7) is 2.18. The molecule has 1 aromatic carbocycles. The topological polar surface area (TPSA) is 106 Å². The van der Waals surface area contributed by atoms with Crippen molar-refractivity contribution in [2.24, 2.45) is 10.7 Å². The first-order valence-electron chi connectivity index (χ1n) is 8.10. The van der Waals surface area contributed by atoms with Crippen LogP contribution in [0.2, 0.25) is 0 Å². The predicted molar refractivity (Wildman–Crippen MR) is 98.1 cm³/mol. The summed E-state index contributed by atoms with van der Waals surface area (Å²) in [5, 5.41) is 3.38. The van der Waals surface area contributed by atoms with Crippen molar-refractivity contribution in [2.75, 3.05) is 23.9 Å². The molecule has 2 aromatic rings. The summed E-state index contributed by atoms with van der Waals surface area (Å²) in [5.74, 6) is 0.0789. The third-order valence-electron chi connectivity index (χ3n) is 3.98. The number of carbonyl (C=O) groups excluding carboxylic acids is 1. The summed E-state index contributed by atoms with van der Waals surface area (Å²) in [7, 11) is 1.43. The number of nitrogens with one attached hydrogen (secondary N) is 1. The molecule has 0 saturated carbocycles. The highest BCUT2D eigenvalue weighted by Gasteiger charge is 2.31. The Hall–Kier alpha value is -3.30. The minimum atomic E-state index is -2.85. The van der Waals surface area contributed by atoms with Gasteiger partial charge in [-0.3, -0.25) is 9.89 Å². The van der Waals surface area contributed by atoms with Crippen molar-refractivity contribution in [3.8, 4) is 0 Å². The van der Waals surface area contributed by atoms with E-state index < -0.39 is 18.2 Å². The number of nitrogens with zero attached hydrogens (tertiary/aromatic N) is 4. The van der Waals surface area contributed by atoms with E-state index in [9.17, 15) is 13.6 Å². The van der Waals surface area contributed by atoms with E-state index in [1.54, 1.807) is 24.4 Å². The molecule has 1 amide bonds. The van der Waals surface area contributed by atoms with Crippen LogP contribution in [0.25, 0.3) is 10.9 Å². The summed E-state index contributed by atoms with van der Waals surface area (Å²) in [4.78, 5) is 25.6. The Morgan fingerprint density at radius 2 is 2.30 bits per heavy atom. The third kappa shape index (κ3) is 3.78. The van der Waals surface area contributed by atoms with Crippen molar-refractivity contribution in [2.45, 2.75) is 19.4 Å². The number of nitrogens with two attached hydrogens (primary N) is 1. The number of carbonyl (C=O) groups is 1. The number of amides is 1. The molecule has 1 aliphatic rings. The second-order valence-corrected chi connectivity index (χ2v) is 5.91. The Kier molecular flexibility index (Phi) is 5.15.